The van der Waals surface area contributed by atoms with Crippen molar-refractivity contribution in [2.45, 2.75) is 17.9 Å². The fraction of sp³-hybridized carbons (Fsp3) is 0.500. The average molecular weight is 257 g/mol. The highest BCUT2D eigenvalue weighted by molar-refractivity contribution is 7.91. The second-order valence-corrected chi connectivity index (χ2v) is 6.07. The summed E-state index contributed by atoms with van der Waals surface area (Å²) in [5.41, 5.74) is 1.05. The predicted octanol–water partition coefficient (Wildman–Crippen LogP) is 1.00. The monoisotopic (exact) mass is 257 g/mol. The number of rotatable bonds is 6. The Kier molecular flexibility index (Phi) is 5.11. The van der Waals surface area contributed by atoms with Crippen molar-refractivity contribution in [3.8, 4) is 0 Å². The van der Waals surface area contributed by atoms with Gasteiger partial charge in [0.25, 0.3) is 0 Å². The number of benzene rings is 1. The van der Waals surface area contributed by atoms with Gasteiger partial charge in [0.2, 0.25) is 0 Å². The number of sulfone groups is 1. The summed E-state index contributed by atoms with van der Waals surface area (Å²) in [6.07, 6.45) is 0. The van der Waals surface area contributed by atoms with E-state index in [1.165, 1.54) is 0 Å². The highest BCUT2D eigenvalue weighted by Gasteiger charge is 2.19. The Bertz CT molecular complexity index is 439. The summed E-state index contributed by atoms with van der Waals surface area (Å²) in [5, 5.41) is 2.94. The minimum absolute atomic E-state index is 0.0421. The van der Waals surface area contributed by atoms with Gasteiger partial charge >= 0.3 is 0 Å². The molecule has 0 aliphatic carbocycles. The highest BCUT2D eigenvalue weighted by Crippen LogP contribution is 2.13. The van der Waals surface area contributed by atoms with Gasteiger partial charge in [-0.1, -0.05) is 17.7 Å². The van der Waals surface area contributed by atoms with Crippen LogP contribution >= 0.6 is 0 Å². The first-order valence-electron chi connectivity index (χ1n) is 5.45. The van der Waals surface area contributed by atoms with Crippen LogP contribution in [0.25, 0.3) is 0 Å². The normalized spacial score (nSPS) is 13.6. The molecule has 0 aromatic heterocycles. The fourth-order valence-corrected chi connectivity index (χ4v) is 3.06. The van der Waals surface area contributed by atoms with Gasteiger partial charge in [-0.15, -0.1) is 0 Å². The van der Waals surface area contributed by atoms with Gasteiger partial charge in [-0.25, -0.2) is 8.42 Å². The van der Waals surface area contributed by atoms with Crippen LogP contribution in [0.5, 0.6) is 0 Å². The molecule has 0 aliphatic heterocycles. The van der Waals surface area contributed by atoms with Gasteiger partial charge in [-0.3, -0.25) is 0 Å². The van der Waals surface area contributed by atoms with Crippen LogP contribution in [0.4, 0.5) is 0 Å². The van der Waals surface area contributed by atoms with E-state index in [0.717, 1.165) is 5.56 Å². The van der Waals surface area contributed by atoms with Crippen LogP contribution in [0, 0.1) is 6.92 Å². The molecule has 0 fully saturated rings. The first-order chi connectivity index (χ1) is 7.99. The number of likely N-dealkylation sites (N-methyl/N-ethyl adjacent to an activating group) is 1. The number of methoxy groups -OCH3 is 1. The molecule has 5 heteroatoms. The van der Waals surface area contributed by atoms with Crippen LogP contribution < -0.4 is 5.32 Å². The van der Waals surface area contributed by atoms with Crippen molar-refractivity contribution in [3.05, 3.63) is 29.8 Å². The number of hydrogen-bond donors (Lipinski definition) is 1. The summed E-state index contributed by atoms with van der Waals surface area (Å²) >= 11 is 0. The zero-order chi connectivity index (χ0) is 12.9. The van der Waals surface area contributed by atoms with Crippen LogP contribution in [0.1, 0.15) is 5.56 Å². The zero-order valence-electron chi connectivity index (χ0n) is 10.4. The standard InChI is InChI=1S/C12H19NO3S/c1-10-4-6-12(7-5-10)17(14,15)9-11(13-2)8-16-3/h4-7,11,13H,8-9H2,1-3H3. The van der Waals surface area contributed by atoms with E-state index in [4.69, 9.17) is 4.74 Å². The van der Waals surface area contributed by atoms with E-state index in [1.807, 2.05) is 6.92 Å². The number of hydrogen-bond acceptors (Lipinski definition) is 4. The summed E-state index contributed by atoms with van der Waals surface area (Å²) in [4.78, 5) is 0.361. The van der Waals surface area contributed by atoms with Gasteiger partial charge in [-0.2, -0.15) is 0 Å². The van der Waals surface area contributed by atoms with Crippen molar-refractivity contribution < 1.29 is 13.2 Å². The maximum absolute atomic E-state index is 12.1. The molecule has 1 aromatic rings. The van der Waals surface area contributed by atoms with Crippen LogP contribution in [-0.4, -0.2) is 41.0 Å². The maximum Gasteiger partial charge on any atom is 0.179 e. The van der Waals surface area contributed by atoms with E-state index in [9.17, 15) is 8.42 Å². The Morgan fingerprint density at radius 3 is 2.35 bits per heavy atom. The van der Waals surface area contributed by atoms with Crippen molar-refractivity contribution in [1.29, 1.82) is 0 Å². The molecule has 1 atom stereocenters. The molecule has 0 spiro atoms. The predicted molar refractivity (Wildman–Crippen MR) is 68.0 cm³/mol. The van der Waals surface area contributed by atoms with E-state index in [2.05, 4.69) is 5.32 Å². The minimum atomic E-state index is -3.25. The third-order valence-corrected chi connectivity index (χ3v) is 4.41. The van der Waals surface area contributed by atoms with E-state index in [1.54, 1.807) is 38.4 Å². The Hall–Kier alpha value is -0.910. The smallest absolute Gasteiger partial charge is 0.179 e. The third kappa shape index (κ3) is 4.11. The molecule has 0 bridgehead atoms. The lowest BCUT2D eigenvalue weighted by atomic mass is 10.2. The number of nitrogens with one attached hydrogen (secondary N) is 1. The summed E-state index contributed by atoms with van der Waals surface area (Å²) < 4.78 is 29.2. The maximum atomic E-state index is 12.1. The van der Waals surface area contributed by atoms with Gasteiger partial charge in [0.15, 0.2) is 9.84 Å². The Labute approximate surface area is 103 Å². The Morgan fingerprint density at radius 2 is 1.88 bits per heavy atom. The molecular weight excluding hydrogens is 238 g/mol. The first-order valence-corrected chi connectivity index (χ1v) is 7.10. The quantitative estimate of drug-likeness (QED) is 0.826. The Morgan fingerprint density at radius 1 is 1.29 bits per heavy atom. The second kappa shape index (κ2) is 6.14. The third-order valence-electron chi connectivity index (χ3n) is 2.58. The topological polar surface area (TPSA) is 55.4 Å². The van der Waals surface area contributed by atoms with E-state index in [-0.39, 0.29) is 11.8 Å². The molecule has 0 amide bonds. The molecule has 17 heavy (non-hydrogen) atoms. The van der Waals surface area contributed by atoms with Gasteiger partial charge < -0.3 is 10.1 Å². The lowest BCUT2D eigenvalue weighted by Crippen LogP contribution is -2.36. The molecule has 1 aromatic carbocycles. The van der Waals surface area contributed by atoms with Crippen LogP contribution in [0.3, 0.4) is 0 Å². The van der Waals surface area contributed by atoms with Crippen molar-refractivity contribution in [3.63, 3.8) is 0 Å². The van der Waals surface area contributed by atoms with E-state index in [0.29, 0.717) is 11.5 Å². The zero-order valence-corrected chi connectivity index (χ0v) is 11.3. The molecular formula is C12H19NO3S. The van der Waals surface area contributed by atoms with Gasteiger partial charge in [0.1, 0.15) is 0 Å². The molecule has 96 valence electrons. The fourth-order valence-electron chi connectivity index (χ4n) is 1.52. The van der Waals surface area contributed by atoms with E-state index < -0.39 is 9.84 Å². The van der Waals surface area contributed by atoms with Crippen LogP contribution in [0.15, 0.2) is 29.2 Å². The van der Waals surface area contributed by atoms with Crippen LogP contribution in [-0.2, 0) is 14.6 Å². The average Bonchev–Trinajstić information content (AvgIpc) is 2.28. The largest absolute Gasteiger partial charge is 0.383 e. The number of ether oxygens (including phenoxy) is 1. The minimum Gasteiger partial charge on any atom is -0.383 e. The molecule has 0 heterocycles. The van der Waals surface area contributed by atoms with Crippen molar-refractivity contribution in [2.75, 3.05) is 26.5 Å². The molecule has 1 unspecified atom stereocenters. The molecule has 0 aliphatic rings. The summed E-state index contributed by atoms with van der Waals surface area (Å²) in [5.74, 6) is 0.0421. The Balaban J connectivity index is 2.84. The molecule has 1 rings (SSSR count). The lowest BCUT2D eigenvalue weighted by molar-refractivity contribution is 0.176. The number of aryl methyl sites for hydroxylation is 1. The van der Waals surface area contributed by atoms with E-state index >= 15 is 0 Å². The van der Waals surface area contributed by atoms with Gasteiger partial charge in [0.05, 0.1) is 17.3 Å². The van der Waals surface area contributed by atoms with Gasteiger partial charge in [-0.05, 0) is 26.1 Å². The summed E-state index contributed by atoms with van der Waals surface area (Å²) in [6, 6.07) is 6.70. The second-order valence-electron chi connectivity index (χ2n) is 4.04. The summed E-state index contributed by atoms with van der Waals surface area (Å²) in [7, 11) is 0.0358. The first kappa shape index (κ1) is 14.2. The van der Waals surface area contributed by atoms with Crippen molar-refractivity contribution in [2.24, 2.45) is 0 Å². The molecule has 4 nitrogen and oxygen atoms in total. The summed E-state index contributed by atoms with van der Waals surface area (Å²) in [6.45, 7) is 2.30. The highest BCUT2D eigenvalue weighted by atomic mass is 32.2. The molecule has 0 saturated carbocycles. The van der Waals surface area contributed by atoms with Crippen molar-refractivity contribution in [1.82, 2.24) is 5.32 Å². The van der Waals surface area contributed by atoms with Gasteiger partial charge in [0, 0.05) is 13.2 Å². The van der Waals surface area contributed by atoms with Crippen LogP contribution in [0.2, 0.25) is 0 Å². The lowest BCUT2D eigenvalue weighted by Gasteiger charge is -2.15. The molecule has 0 saturated heterocycles. The SMILES string of the molecule is CNC(COC)CS(=O)(=O)c1ccc(C)cc1. The van der Waals surface area contributed by atoms with Crippen molar-refractivity contribution >= 4 is 9.84 Å². The molecule has 1 N–H and O–H groups in total. The molecule has 0 radical (unpaired) electrons.